The molecule has 0 bridgehead atoms. The Labute approximate surface area is 225 Å². The normalized spacial score (nSPS) is 29.7. The minimum atomic E-state index is -3.02. The number of fused-ring (bicyclic) bond motifs is 1. The van der Waals surface area contributed by atoms with Crippen LogP contribution in [0.3, 0.4) is 0 Å². The Morgan fingerprint density at radius 3 is 2.61 bits per heavy atom. The number of anilines is 1. The van der Waals surface area contributed by atoms with Crippen molar-refractivity contribution in [2.24, 2.45) is 15.9 Å². The van der Waals surface area contributed by atoms with Gasteiger partial charge in [-0.15, -0.1) is 0 Å². The second kappa shape index (κ2) is 9.82. The summed E-state index contributed by atoms with van der Waals surface area (Å²) in [5.74, 6) is 1.75. The van der Waals surface area contributed by atoms with Gasteiger partial charge in [-0.3, -0.25) is 0 Å². The minimum absolute atomic E-state index is 0.196. The molecule has 2 atom stereocenters. The standard InChI is InChI=1S/C28H40N7O2P/c1-37-24-16-22(38(2,36)14-12-35(13-15-38)21-8-9-21)10-11-23(24)32-28-33-26-25(19(17-29)18-30-26)27(34-28)31-20-6-4-3-5-7-20/h10-11,16,18,20-21,25-26,30,36H,3-9,12-15H2,1-2H3,(H2,31,32,33,34). The first-order chi connectivity index (χ1) is 18.3. The first-order valence-electron chi connectivity index (χ1n) is 14.1. The van der Waals surface area contributed by atoms with Crippen LogP contribution in [0.2, 0.25) is 0 Å². The number of aliphatic imine (C=N–C) groups is 2. The summed E-state index contributed by atoms with van der Waals surface area (Å²) < 4.78 is 5.80. The van der Waals surface area contributed by atoms with Gasteiger partial charge in [0, 0.05) is 0 Å². The first kappa shape index (κ1) is 25.6. The average Bonchev–Trinajstić information content (AvgIpc) is 3.68. The van der Waals surface area contributed by atoms with Crippen LogP contribution in [0.1, 0.15) is 44.9 Å². The van der Waals surface area contributed by atoms with Crippen LogP contribution in [-0.4, -0.2) is 79.0 Å². The van der Waals surface area contributed by atoms with Crippen molar-refractivity contribution in [3.05, 3.63) is 30.0 Å². The van der Waals surface area contributed by atoms with E-state index in [0.29, 0.717) is 23.3 Å². The van der Waals surface area contributed by atoms with E-state index in [9.17, 15) is 10.2 Å². The van der Waals surface area contributed by atoms with Crippen LogP contribution in [0.4, 0.5) is 5.69 Å². The van der Waals surface area contributed by atoms with Crippen LogP contribution in [0.15, 0.2) is 40.0 Å². The molecule has 6 rings (SSSR count). The molecule has 1 saturated heterocycles. The third-order valence-electron chi connectivity index (χ3n) is 9.12. The molecule has 10 heteroatoms. The number of ether oxygens (including phenoxy) is 1. The molecular formula is C28H40N7O2P. The average molecular weight is 538 g/mol. The Kier molecular flexibility index (Phi) is 6.62. The van der Waals surface area contributed by atoms with E-state index in [2.05, 4.69) is 39.7 Å². The van der Waals surface area contributed by atoms with Gasteiger partial charge in [-0.05, 0) is 0 Å². The molecule has 0 aromatic heterocycles. The fourth-order valence-corrected chi connectivity index (χ4v) is 9.70. The molecule has 4 N–H and O–H groups in total. The van der Waals surface area contributed by atoms with Gasteiger partial charge in [0.05, 0.1) is 0 Å². The van der Waals surface area contributed by atoms with E-state index in [4.69, 9.17) is 14.7 Å². The van der Waals surface area contributed by atoms with Crippen molar-refractivity contribution < 1.29 is 9.63 Å². The zero-order valence-corrected chi connectivity index (χ0v) is 23.4. The number of benzene rings is 1. The van der Waals surface area contributed by atoms with Crippen molar-refractivity contribution in [3.8, 4) is 11.8 Å². The summed E-state index contributed by atoms with van der Waals surface area (Å²) in [6.07, 6.45) is 11.7. The topological polar surface area (TPSA) is 117 Å². The fraction of sp³-hybridized carbons (Fsp3) is 0.607. The summed E-state index contributed by atoms with van der Waals surface area (Å²) in [6, 6.07) is 9.46. The summed E-state index contributed by atoms with van der Waals surface area (Å²) >= 11 is 0. The van der Waals surface area contributed by atoms with Gasteiger partial charge >= 0.3 is 219 Å². The number of guanidine groups is 1. The van der Waals surface area contributed by atoms with Gasteiger partial charge in [0.15, 0.2) is 0 Å². The van der Waals surface area contributed by atoms with Gasteiger partial charge in [0.2, 0.25) is 0 Å². The number of nitrogens with zero attached hydrogens (tertiary/aromatic N) is 4. The van der Waals surface area contributed by atoms with E-state index < -0.39 is 6.83 Å². The van der Waals surface area contributed by atoms with Crippen LogP contribution >= 0.6 is 6.83 Å². The molecule has 0 radical (unpaired) electrons. The van der Waals surface area contributed by atoms with E-state index in [1.54, 1.807) is 13.3 Å². The number of rotatable bonds is 5. The van der Waals surface area contributed by atoms with Crippen molar-refractivity contribution in [2.45, 2.75) is 63.2 Å². The maximum atomic E-state index is 12.0. The Morgan fingerprint density at radius 2 is 1.92 bits per heavy atom. The molecule has 2 aliphatic carbocycles. The monoisotopic (exact) mass is 537 g/mol. The molecule has 3 heterocycles. The van der Waals surface area contributed by atoms with Crippen molar-refractivity contribution in [3.63, 3.8) is 0 Å². The van der Waals surface area contributed by atoms with E-state index in [1.807, 2.05) is 12.1 Å². The van der Waals surface area contributed by atoms with Crippen LogP contribution in [0, 0.1) is 17.2 Å². The zero-order chi connectivity index (χ0) is 26.4. The summed E-state index contributed by atoms with van der Waals surface area (Å²) in [5, 5.41) is 21.0. The Hall–Kier alpha value is -2.66. The van der Waals surface area contributed by atoms with E-state index >= 15 is 0 Å². The number of amidine groups is 1. The molecule has 204 valence electrons. The number of methoxy groups -OCH3 is 1. The number of nitrogens with one attached hydrogen (secondary N) is 3. The van der Waals surface area contributed by atoms with E-state index in [0.717, 1.165) is 61.1 Å². The van der Waals surface area contributed by atoms with Crippen molar-refractivity contribution in [1.82, 2.24) is 15.5 Å². The predicted octanol–water partition coefficient (Wildman–Crippen LogP) is 2.94. The van der Waals surface area contributed by atoms with Gasteiger partial charge in [0.25, 0.3) is 0 Å². The molecule has 5 aliphatic rings. The van der Waals surface area contributed by atoms with Crippen molar-refractivity contribution >= 4 is 29.6 Å². The van der Waals surface area contributed by atoms with E-state index in [-0.39, 0.29) is 12.1 Å². The number of hydrogen-bond donors (Lipinski definition) is 4. The van der Waals surface area contributed by atoms with Crippen LogP contribution < -0.4 is 26.0 Å². The fourth-order valence-electron chi connectivity index (χ4n) is 6.40. The van der Waals surface area contributed by atoms with Crippen LogP contribution in [0.25, 0.3) is 0 Å². The summed E-state index contributed by atoms with van der Waals surface area (Å²) in [6.45, 7) is 1.02. The summed E-state index contributed by atoms with van der Waals surface area (Å²) in [5.41, 5.74) is 1.41. The second-order valence-corrected chi connectivity index (χ2v) is 17.3. The third-order valence-corrected chi connectivity index (χ3v) is 13.7. The Bertz CT molecular complexity index is 1210. The third kappa shape index (κ3) is 4.90. The summed E-state index contributed by atoms with van der Waals surface area (Å²) in [7, 11) is 1.66. The van der Waals surface area contributed by atoms with E-state index in [1.165, 1.54) is 32.1 Å². The van der Waals surface area contributed by atoms with Crippen LogP contribution in [-0.2, 0) is 0 Å². The number of nitriles is 1. The van der Waals surface area contributed by atoms with Gasteiger partial charge in [-0.1, -0.05) is 6.42 Å². The molecule has 2 saturated carbocycles. The predicted molar refractivity (Wildman–Crippen MR) is 155 cm³/mol. The van der Waals surface area contributed by atoms with Gasteiger partial charge in [0.1, 0.15) is 0 Å². The van der Waals surface area contributed by atoms with Crippen LogP contribution in [0.5, 0.6) is 5.75 Å². The number of hydrogen-bond acceptors (Lipinski definition) is 9. The van der Waals surface area contributed by atoms with Crippen molar-refractivity contribution in [1.29, 1.82) is 5.26 Å². The van der Waals surface area contributed by atoms with Gasteiger partial charge in [-0.2, -0.15) is 0 Å². The molecule has 3 aliphatic heterocycles. The SMILES string of the molecule is COc1cc(P2(C)(O)CCN(C3CC3)CC2)ccc1NC1=NC2NC=C(C#N)C2C(NC2CCCCC2)=N1. The maximum absolute atomic E-state index is 12.0. The molecule has 38 heavy (non-hydrogen) atoms. The second-order valence-electron chi connectivity index (χ2n) is 11.9. The molecular weight excluding hydrogens is 497 g/mol. The van der Waals surface area contributed by atoms with Gasteiger partial charge in [-0.25, -0.2) is 0 Å². The Balaban J connectivity index is 1.23. The molecule has 1 aromatic rings. The summed E-state index contributed by atoms with van der Waals surface area (Å²) in [4.78, 5) is 24.2. The molecule has 0 amide bonds. The Morgan fingerprint density at radius 1 is 1.16 bits per heavy atom. The molecule has 3 fully saturated rings. The zero-order valence-electron chi connectivity index (χ0n) is 22.5. The quantitative estimate of drug-likeness (QED) is 0.427. The van der Waals surface area contributed by atoms with Gasteiger partial charge < -0.3 is 0 Å². The molecule has 0 spiro atoms. The molecule has 2 unspecified atom stereocenters. The van der Waals surface area contributed by atoms with Crippen molar-refractivity contribution in [2.75, 3.05) is 44.5 Å². The first-order valence-corrected chi connectivity index (χ1v) is 17.1. The molecule has 9 nitrogen and oxygen atoms in total. The molecule has 1 aromatic carbocycles.